The SMILES string of the molecule is O=C(O)c1cc2nc(N3CCCCC3)cc(C(F)(F)F)n2n1. The number of hydrogen-bond donors (Lipinski definition) is 1. The monoisotopic (exact) mass is 314 g/mol. The maximum absolute atomic E-state index is 13.2. The molecule has 3 heterocycles. The minimum absolute atomic E-state index is 0.118. The van der Waals surface area contributed by atoms with Gasteiger partial charge in [0.2, 0.25) is 0 Å². The van der Waals surface area contributed by atoms with E-state index in [-0.39, 0.29) is 11.5 Å². The largest absolute Gasteiger partial charge is 0.476 e. The number of alkyl halides is 3. The zero-order valence-electron chi connectivity index (χ0n) is 11.5. The average Bonchev–Trinajstić information content (AvgIpc) is 2.90. The highest BCUT2D eigenvalue weighted by Crippen LogP contribution is 2.32. The van der Waals surface area contributed by atoms with Crippen molar-refractivity contribution in [1.82, 2.24) is 14.6 Å². The molecular formula is C13H13F3N4O2. The molecule has 2 aromatic heterocycles. The van der Waals surface area contributed by atoms with Gasteiger partial charge in [0.25, 0.3) is 0 Å². The second-order valence-corrected chi connectivity index (χ2v) is 5.15. The molecule has 1 fully saturated rings. The Hall–Kier alpha value is -2.32. The number of nitrogens with zero attached hydrogens (tertiary/aromatic N) is 4. The number of halogens is 3. The van der Waals surface area contributed by atoms with E-state index in [1.807, 2.05) is 0 Å². The lowest BCUT2D eigenvalue weighted by molar-refractivity contribution is -0.142. The molecule has 9 heteroatoms. The van der Waals surface area contributed by atoms with Gasteiger partial charge in [0, 0.05) is 25.2 Å². The predicted octanol–water partition coefficient (Wildman–Crippen LogP) is 2.44. The lowest BCUT2D eigenvalue weighted by atomic mass is 10.1. The van der Waals surface area contributed by atoms with Crippen LogP contribution in [0.3, 0.4) is 0 Å². The molecule has 0 spiro atoms. The van der Waals surface area contributed by atoms with Crippen molar-refractivity contribution in [1.29, 1.82) is 0 Å². The van der Waals surface area contributed by atoms with Crippen molar-refractivity contribution in [2.75, 3.05) is 18.0 Å². The average molecular weight is 314 g/mol. The Bertz CT molecular complexity index is 720. The van der Waals surface area contributed by atoms with E-state index in [9.17, 15) is 18.0 Å². The smallest absolute Gasteiger partial charge is 0.433 e. The molecule has 6 nitrogen and oxygen atoms in total. The summed E-state index contributed by atoms with van der Waals surface area (Å²) in [5, 5.41) is 12.4. The second-order valence-electron chi connectivity index (χ2n) is 5.15. The third kappa shape index (κ3) is 2.58. The highest BCUT2D eigenvalue weighted by atomic mass is 19.4. The summed E-state index contributed by atoms with van der Waals surface area (Å²) in [4.78, 5) is 16.8. The molecule has 0 atom stereocenters. The zero-order valence-corrected chi connectivity index (χ0v) is 11.5. The predicted molar refractivity (Wildman–Crippen MR) is 71.0 cm³/mol. The minimum Gasteiger partial charge on any atom is -0.476 e. The van der Waals surface area contributed by atoms with Gasteiger partial charge < -0.3 is 10.0 Å². The summed E-state index contributed by atoms with van der Waals surface area (Å²) in [6, 6.07) is 1.97. The maximum atomic E-state index is 13.2. The van der Waals surface area contributed by atoms with Crippen LogP contribution in [0.5, 0.6) is 0 Å². The number of rotatable bonds is 2. The first kappa shape index (κ1) is 14.6. The molecule has 118 valence electrons. The van der Waals surface area contributed by atoms with Gasteiger partial charge in [-0.1, -0.05) is 0 Å². The zero-order chi connectivity index (χ0) is 15.9. The van der Waals surface area contributed by atoms with Crippen molar-refractivity contribution in [2.45, 2.75) is 25.4 Å². The first-order chi connectivity index (χ1) is 10.4. The van der Waals surface area contributed by atoms with Gasteiger partial charge in [0.05, 0.1) is 0 Å². The molecule has 3 rings (SSSR count). The Morgan fingerprint density at radius 2 is 1.86 bits per heavy atom. The van der Waals surface area contributed by atoms with E-state index in [1.165, 1.54) is 0 Å². The Labute approximate surface area is 123 Å². The van der Waals surface area contributed by atoms with Gasteiger partial charge >= 0.3 is 12.1 Å². The summed E-state index contributed by atoms with van der Waals surface area (Å²) >= 11 is 0. The van der Waals surface area contributed by atoms with Gasteiger partial charge in [-0.05, 0) is 19.3 Å². The van der Waals surface area contributed by atoms with Gasteiger partial charge in [-0.25, -0.2) is 14.3 Å². The molecule has 0 saturated carbocycles. The van der Waals surface area contributed by atoms with Crippen LogP contribution < -0.4 is 4.90 Å². The molecular weight excluding hydrogens is 301 g/mol. The lowest BCUT2D eigenvalue weighted by Gasteiger charge is -2.28. The number of aromatic carboxylic acids is 1. The van der Waals surface area contributed by atoms with Gasteiger partial charge in [-0.3, -0.25) is 0 Å². The number of fused-ring (bicyclic) bond motifs is 1. The molecule has 22 heavy (non-hydrogen) atoms. The fourth-order valence-corrected chi connectivity index (χ4v) is 2.55. The third-order valence-corrected chi connectivity index (χ3v) is 3.60. The Kier molecular flexibility index (Phi) is 3.42. The molecule has 1 N–H and O–H groups in total. The lowest BCUT2D eigenvalue weighted by Crippen LogP contribution is -2.31. The van der Waals surface area contributed by atoms with E-state index in [4.69, 9.17) is 5.11 Å². The fraction of sp³-hybridized carbons (Fsp3) is 0.462. The highest BCUT2D eigenvalue weighted by molar-refractivity contribution is 5.86. The van der Waals surface area contributed by atoms with Gasteiger partial charge in [-0.2, -0.15) is 18.3 Å². The molecule has 1 saturated heterocycles. The summed E-state index contributed by atoms with van der Waals surface area (Å²) in [5.74, 6) is -1.19. The summed E-state index contributed by atoms with van der Waals surface area (Å²) in [7, 11) is 0. The molecule has 2 aromatic rings. The van der Waals surface area contributed by atoms with E-state index in [0.717, 1.165) is 31.4 Å². The molecule has 0 aromatic carbocycles. The summed E-state index contributed by atoms with van der Waals surface area (Å²) in [5.41, 5.74) is -1.60. The van der Waals surface area contributed by atoms with Crippen molar-refractivity contribution < 1.29 is 23.1 Å². The fourth-order valence-electron chi connectivity index (χ4n) is 2.55. The van der Waals surface area contributed by atoms with Crippen molar-refractivity contribution >= 4 is 17.4 Å². The molecule has 0 radical (unpaired) electrons. The second kappa shape index (κ2) is 5.15. The van der Waals surface area contributed by atoms with E-state index >= 15 is 0 Å². The van der Waals surface area contributed by atoms with Crippen LogP contribution in [-0.2, 0) is 6.18 Å². The van der Waals surface area contributed by atoms with E-state index in [0.29, 0.717) is 17.6 Å². The quantitative estimate of drug-likeness (QED) is 0.922. The summed E-state index contributed by atoms with van der Waals surface area (Å²) < 4.78 is 40.2. The standard InChI is InChI=1S/C13H13F3N4O2/c14-13(15,16)9-7-10(19-4-2-1-3-5-19)17-11-6-8(12(21)22)18-20(9)11/h6-7H,1-5H2,(H,21,22). The van der Waals surface area contributed by atoms with Crippen LogP contribution >= 0.6 is 0 Å². The number of piperidine rings is 1. The van der Waals surface area contributed by atoms with E-state index in [1.54, 1.807) is 4.90 Å². The van der Waals surface area contributed by atoms with Crippen molar-refractivity contribution in [3.05, 3.63) is 23.5 Å². The van der Waals surface area contributed by atoms with Crippen LogP contribution in [0.15, 0.2) is 12.1 Å². The van der Waals surface area contributed by atoms with Crippen LogP contribution in [-0.4, -0.2) is 38.8 Å². The molecule has 0 amide bonds. The number of hydrogen-bond acceptors (Lipinski definition) is 4. The Morgan fingerprint density at radius 3 is 2.45 bits per heavy atom. The van der Waals surface area contributed by atoms with Crippen LogP contribution in [0.25, 0.3) is 5.65 Å². The van der Waals surface area contributed by atoms with Crippen molar-refractivity contribution in [3.8, 4) is 0 Å². The van der Waals surface area contributed by atoms with Gasteiger partial charge in [-0.15, -0.1) is 0 Å². The molecule has 0 unspecified atom stereocenters. The first-order valence-corrected chi connectivity index (χ1v) is 6.82. The molecule has 1 aliphatic rings. The van der Waals surface area contributed by atoms with Gasteiger partial charge in [0.15, 0.2) is 17.0 Å². The van der Waals surface area contributed by atoms with Crippen LogP contribution in [0.2, 0.25) is 0 Å². The third-order valence-electron chi connectivity index (χ3n) is 3.60. The van der Waals surface area contributed by atoms with Gasteiger partial charge in [0.1, 0.15) is 5.82 Å². The molecule has 0 bridgehead atoms. The summed E-state index contributed by atoms with van der Waals surface area (Å²) in [6.07, 6.45) is -1.81. The number of carbonyl (C=O) groups is 1. The normalized spacial score (nSPS) is 16.2. The van der Waals surface area contributed by atoms with Crippen LogP contribution in [0, 0.1) is 0 Å². The minimum atomic E-state index is -4.65. The molecule has 0 aliphatic carbocycles. The number of carboxylic acids is 1. The van der Waals surface area contributed by atoms with Crippen LogP contribution in [0.1, 0.15) is 35.4 Å². The Balaban J connectivity index is 2.16. The number of carboxylic acid groups (broad SMARTS) is 1. The topological polar surface area (TPSA) is 70.7 Å². The molecule has 1 aliphatic heterocycles. The van der Waals surface area contributed by atoms with Crippen molar-refractivity contribution in [2.24, 2.45) is 0 Å². The van der Waals surface area contributed by atoms with Crippen LogP contribution in [0.4, 0.5) is 19.0 Å². The number of anilines is 1. The maximum Gasteiger partial charge on any atom is 0.433 e. The first-order valence-electron chi connectivity index (χ1n) is 6.82. The van der Waals surface area contributed by atoms with E-state index < -0.39 is 23.5 Å². The van der Waals surface area contributed by atoms with E-state index in [2.05, 4.69) is 10.1 Å². The van der Waals surface area contributed by atoms with Crippen molar-refractivity contribution in [3.63, 3.8) is 0 Å². The Morgan fingerprint density at radius 1 is 1.18 bits per heavy atom. The highest BCUT2D eigenvalue weighted by Gasteiger charge is 2.36. The summed E-state index contributed by atoms with van der Waals surface area (Å²) in [6.45, 7) is 1.28. The number of aromatic nitrogens is 3.